The summed E-state index contributed by atoms with van der Waals surface area (Å²) in [6, 6.07) is 5.38. The summed E-state index contributed by atoms with van der Waals surface area (Å²) >= 11 is 4.61. The van der Waals surface area contributed by atoms with E-state index < -0.39 is 34.8 Å². The molecule has 22 heavy (non-hydrogen) atoms. The molecule has 3 nitrogen and oxygen atoms in total. The number of halogens is 5. The van der Waals surface area contributed by atoms with E-state index in [4.69, 9.17) is 10.5 Å². The van der Waals surface area contributed by atoms with Crippen LogP contribution in [0.3, 0.4) is 0 Å². The molecule has 2 aromatic carbocycles. The molecule has 0 amide bonds. The number of ether oxygens (including phenoxy) is 1. The van der Waals surface area contributed by atoms with Crippen molar-refractivity contribution in [1.29, 1.82) is 0 Å². The van der Waals surface area contributed by atoms with E-state index in [1.807, 2.05) is 0 Å². The fraction of sp³-hybridized carbons (Fsp3) is 0. The Hall–Kier alpha value is -2.42. The first-order valence-electron chi connectivity index (χ1n) is 5.67. The van der Waals surface area contributed by atoms with Crippen LogP contribution in [0, 0.1) is 29.1 Å². The molecule has 3 N–H and O–H groups in total. The van der Waals surface area contributed by atoms with Crippen molar-refractivity contribution in [1.82, 2.24) is 0 Å². The lowest BCUT2D eigenvalue weighted by molar-refractivity contribution is 0.332. The summed E-state index contributed by atoms with van der Waals surface area (Å²) in [5.74, 6) is -12.1. The molecule has 0 radical (unpaired) electrons. The Balaban J connectivity index is 2.42. The van der Waals surface area contributed by atoms with Gasteiger partial charge in [0.05, 0.1) is 0 Å². The Bertz CT molecular complexity index is 724. The zero-order valence-corrected chi connectivity index (χ0v) is 11.4. The van der Waals surface area contributed by atoms with Crippen LogP contribution in [0.2, 0.25) is 0 Å². The van der Waals surface area contributed by atoms with E-state index in [1.165, 1.54) is 24.3 Å². The van der Waals surface area contributed by atoms with E-state index in [1.54, 1.807) is 0 Å². The number of nitrogens with one attached hydrogen (secondary N) is 1. The molecule has 0 aliphatic carbocycles. The van der Waals surface area contributed by atoms with Gasteiger partial charge in [-0.15, -0.1) is 0 Å². The molecular weight excluding hydrogens is 327 g/mol. The summed E-state index contributed by atoms with van der Waals surface area (Å²) in [6.45, 7) is 0. The summed E-state index contributed by atoms with van der Waals surface area (Å²) < 4.78 is 70.8. The number of thiocarbonyl (C=S) groups is 1. The van der Waals surface area contributed by atoms with Crippen molar-refractivity contribution >= 4 is 23.0 Å². The minimum atomic E-state index is -2.26. The summed E-state index contributed by atoms with van der Waals surface area (Å²) in [6.07, 6.45) is 0. The summed E-state index contributed by atoms with van der Waals surface area (Å²) in [5.41, 5.74) is 5.56. The first-order valence-corrected chi connectivity index (χ1v) is 6.08. The van der Waals surface area contributed by atoms with Gasteiger partial charge < -0.3 is 15.8 Å². The molecule has 0 saturated heterocycles. The average Bonchev–Trinajstić information content (AvgIpc) is 2.47. The van der Waals surface area contributed by atoms with Gasteiger partial charge in [-0.3, -0.25) is 0 Å². The second-order valence-corrected chi connectivity index (χ2v) is 4.46. The molecule has 0 bridgehead atoms. The number of nitrogens with two attached hydrogens (primary N) is 1. The van der Waals surface area contributed by atoms with Crippen LogP contribution >= 0.6 is 12.2 Å². The zero-order chi connectivity index (χ0) is 16.4. The Kier molecular flexibility index (Phi) is 4.45. The zero-order valence-electron chi connectivity index (χ0n) is 10.6. The van der Waals surface area contributed by atoms with Gasteiger partial charge in [-0.2, -0.15) is 8.78 Å². The quantitative estimate of drug-likeness (QED) is 0.388. The number of rotatable bonds is 3. The van der Waals surface area contributed by atoms with E-state index in [2.05, 4.69) is 17.5 Å². The molecule has 2 rings (SSSR count). The van der Waals surface area contributed by atoms with Gasteiger partial charge in [0.25, 0.3) is 0 Å². The topological polar surface area (TPSA) is 47.3 Å². The highest BCUT2D eigenvalue weighted by atomic mass is 32.1. The van der Waals surface area contributed by atoms with Gasteiger partial charge in [0.1, 0.15) is 5.75 Å². The monoisotopic (exact) mass is 334 g/mol. The third-order valence-electron chi connectivity index (χ3n) is 2.49. The second-order valence-electron chi connectivity index (χ2n) is 4.02. The number of anilines is 1. The van der Waals surface area contributed by atoms with E-state index in [0.717, 1.165) is 0 Å². The first kappa shape index (κ1) is 16.0. The predicted octanol–water partition coefficient (Wildman–Crippen LogP) is 3.83. The van der Waals surface area contributed by atoms with Crippen LogP contribution in [0.25, 0.3) is 0 Å². The predicted molar refractivity (Wildman–Crippen MR) is 73.2 cm³/mol. The fourth-order valence-electron chi connectivity index (χ4n) is 1.57. The lowest BCUT2D eigenvalue weighted by Gasteiger charge is -2.11. The molecular formula is C13H7F5N2OS. The molecule has 116 valence electrons. The maximum absolute atomic E-state index is 13.5. The van der Waals surface area contributed by atoms with Crippen molar-refractivity contribution in [3.8, 4) is 11.5 Å². The SMILES string of the molecule is NC(=S)Nc1cccc(Oc2c(F)c(F)c(F)c(F)c2F)c1. The van der Waals surface area contributed by atoms with E-state index in [0.29, 0.717) is 5.69 Å². The van der Waals surface area contributed by atoms with Gasteiger partial charge in [-0.05, 0) is 24.4 Å². The van der Waals surface area contributed by atoms with Gasteiger partial charge in [0, 0.05) is 11.8 Å². The standard InChI is InChI=1S/C13H7F5N2OS/c14-7-8(15)10(17)12(11(18)9(7)16)21-6-3-1-2-5(4-6)20-13(19)22/h1-4H,(H3,19,20,22). The van der Waals surface area contributed by atoms with E-state index in [9.17, 15) is 22.0 Å². The van der Waals surface area contributed by atoms with E-state index in [-0.39, 0.29) is 10.9 Å². The maximum atomic E-state index is 13.5. The van der Waals surface area contributed by atoms with Crippen molar-refractivity contribution in [2.75, 3.05) is 5.32 Å². The highest BCUT2D eigenvalue weighted by molar-refractivity contribution is 7.80. The van der Waals surface area contributed by atoms with Gasteiger partial charge in [-0.1, -0.05) is 6.07 Å². The number of hydrogen-bond acceptors (Lipinski definition) is 2. The lowest BCUT2D eigenvalue weighted by Crippen LogP contribution is -2.18. The molecule has 2 aromatic rings. The van der Waals surface area contributed by atoms with Gasteiger partial charge in [0.15, 0.2) is 5.11 Å². The van der Waals surface area contributed by atoms with E-state index >= 15 is 0 Å². The Morgan fingerprint density at radius 1 is 0.955 bits per heavy atom. The minimum absolute atomic E-state index is 0.0756. The molecule has 0 unspecified atom stereocenters. The molecule has 0 aliphatic rings. The summed E-state index contributed by atoms with van der Waals surface area (Å²) in [7, 11) is 0. The fourth-order valence-corrected chi connectivity index (χ4v) is 1.69. The molecule has 0 heterocycles. The molecule has 0 aliphatic heterocycles. The minimum Gasteiger partial charge on any atom is -0.451 e. The largest absolute Gasteiger partial charge is 0.451 e. The first-order chi connectivity index (χ1) is 10.3. The van der Waals surface area contributed by atoms with Gasteiger partial charge in [-0.25, -0.2) is 13.2 Å². The van der Waals surface area contributed by atoms with Crippen LogP contribution in [0.1, 0.15) is 0 Å². The highest BCUT2D eigenvalue weighted by Crippen LogP contribution is 2.33. The summed E-state index contributed by atoms with van der Waals surface area (Å²) in [4.78, 5) is 0. The van der Waals surface area contributed by atoms with Crippen LogP contribution in [-0.2, 0) is 0 Å². The average molecular weight is 334 g/mol. The van der Waals surface area contributed by atoms with Crippen LogP contribution in [0.5, 0.6) is 11.5 Å². The van der Waals surface area contributed by atoms with Crippen molar-refractivity contribution in [2.24, 2.45) is 5.73 Å². The van der Waals surface area contributed by atoms with Crippen LogP contribution in [0.15, 0.2) is 24.3 Å². The van der Waals surface area contributed by atoms with Gasteiger partial charge in [0.2, 0.25) is 34.8 Å². The van der Waals surface area contributed by atoms with Crippen molar-refractivity contribution < 1.29 is 26.7 Å². The third-order valence-corrected chi connectivity index (χ3v) is 2.59. The number of hydrogen-bond donors (Lipinski definition) is 2. The molecule has 0 saturated carbocycles. The lowest BCUT2D eigenvalue weighted by atomic mass is 10.2. The molecule has 0 atom stereocenters. The smallest absolute Gasteiger partial charge is 0.207 e. The molecule has 0 fully saturated rings. The Morgan fingerprint density at radius 2 is 1.50 bits per heavy atom. The van der Waals surface area contributed by atoms with Crippen LogP contribution in [-0.4, -0.2) is 5.11 Å². The normalized spacial score (nSPS) is 10.4. The summed E-state index contributed by atoms with van der Waals surface area (Å²) in [5, 5.41) is 2.45. The highest BCUT2D eigenvalue weighted by Gasteiger charge is 2.27. The Labute approximate surface area is 126 Å². The molecule has 0 spiro atoms. The molecule has 9 heteroatoms. The van der Waals surface area contributed by atoms with Gasteiger partial charge >= 0.3 is 0 Å². The van der Waals surface area contributed by atoms with Crippen LogP contribution in [0.4, 0.5) is 27.6 Å². The van der Waals surface area contributed by atoms with Crippen molar-refractivity contribution in [2.45, 2.75) is 0 Å². The molecule has 0 aromatic heterocycles. The van der Waals surface area contributed by atoms with Crippen molar-refractivity contribution in [3.63, 3.8) is 0 Å². The van der Waals surface area contributed by atoms with Crippen LogP contribution < -0.4 is 15.8 Å². The Morgan fingerprint density at radius 3 is 2.05 bits per heavy atom. The number of benzene rings is 2. The van der Waals surface area contributed by atoms with Crippen molar-refractivity contribution in [3.05, 3.63) is 53.4 Å². The third kappa shape index (κ3) is 3.08. The second kappa shape index (κ2) is 6.14. The maximum Gasteiger partial charge on any atom is 0.207 e.